The van der Waals surface area contributed by atoms with Crippen LogP contribution in [-0.2, 0) is 19.3 Å². The van der Waals surface area contributed by atoms with Gasteiger partial charge in [0.05, 0.1) is 24.4 Å². The van der Waals surface area contributed by atoms with Crippen molar-refractivity contribution in [3.63, 3.8) is 0 Å². The van der Waals surface area contributed by atoms with Crippen LogP contribution in [0.2, 0.25) is 0 Å². The SMILES string of the molecule is N#Cc1cccc(C(=O)NCc2cn(CC3CCN(C(=O)c4cc(C(F)(F)F)[nH]n4)C3)nn2)c1. The number of hydrogen-bond donors (Lipinski definition) is 2. The van der Waals surface area contributed by atoms with Crippen molar-refractivity contribution in [2.75, 3.05) is 13.1 Å². The quantitative estimate of drug-likeness (QED) is 0.564. The fourth-order valence-electron chi connectivity index (χ4n) is 3.68. The molecule has 1 aliphatic heterocycles. The highest BCUT2D eigenvalue weighted by molar-refractivity contribution is 5.94. The van der Waals surface area contributed by atoms with Crippen LogP contribution in [0.15, 0.2) is 36.5 Å². The number of carbonyl (C=O) groups excluding carboxylic acids is 2. The molecule has 0 saturated carbocycles. The average molecular weight is 472 g/mol. The van der Waals surface area contributed by atoms with Crippen LogP contribution in [0, 0.1) is 17.2 Å². The van der Waals surface area contributed by atoms with Gasteiger partial charge in [0.1, 0.15) is 11.4 Å². The Hall–Kier alpha value is -4.21. The fraction of sp³-hybridized carbons (Fsp3) is 0.333. The number of likely N-dealkylation sites (tertiary alicyclic amines) is 1. The normalized spacial score (nSPS) is 15.8. The fourth-order valence-corrected chi connectivity index (χ4v) is 3.68. The molecule has 0 spiro atoms. The zero-order chi connectivity index (χ0) is 24.3. The zero-order valence-electron chi connectivity index (χ0n) is 17.7. The predicted molar refractivity (Wildman–Crippen MR) is 110 cm³/mol. The summed E-state index contributed by atoms with van der Waals surface area (Å²) in [5.41, 5.74) is -0.0530. The molecule has 1 saturated heterocycles. The highest BCUT2D eigenvalue weighted by atomic mass is 19.4. The minimum atomic E-state index is -4.59. The summed E-state index contributed by atoms with van der Waals surface area (Å²) in [4.78, 5) is 26.2. The van der Waals surface area contributed by atoms with Crippen molar-refractivity contribution in [1.82, 2.24) is 35.4 Å². The Morgan fingerprint density at radius 2 is 2.12 bits per heavy atom. The van der Waals surface area contributed by atoms with Gasteiger partial charge < -0.3 is 10.2 Å². The second kappa shape index (κ2) is 9.34. The van der Waals surface area contributed by atoms with Crippen LogP contribution in [0.1, 0.15) is 44.2 Å². The first-order valence-corrected chi connectivity index (χ1v) is 10.3. The van der Waals surface area contributed by atoms with Crippen LogP contribution in [0.25, 0.3) is 0 Å². The van der Waals surface area contributed by atoms with E-state index in [2.05, 4.69) is 20.7 Å². The van der Waals surface area contributed by atoms with Crippen molar-refractivity contribution in [1.29, 1.82) is 5.26 Å². The van der Waals surface area contributed by atoms with Crippen molar-refractivity contribution in [3.05, 3.63) is 64.7 Å². The molecule has 1 aromatic carbocycles. The summed E-state index contributed by atoms with van der Waals surface area (Å²) in [5, 5.41) is 25.1. The van der Waals surface area contributed by atoms with Gasteiger partial charge in [-0.25, -0.2) is 0 Å². The maximum atomic E-state index is 12.7. The Morgan fingerprint density at radius 3 is 2.85 bits per heavy atom. The maximum Gasteiger partial charge on any atom is 0.432 e. The molecule has 3 heterocycles. The Bertz CT molecular complexity index is 1240. The maximum absolute atomic E-state index is 12.7. The summed E-state index contributed by atoms with van der Waals surface area (Å²) in [5.74, 6) is -0.858. The van der Waals surface area contributed by atoms with E-state index in [0.29, 0.717) is 48.9 Å². The minimum Gasteiger partial charge on any atom is -0.346 e. The first kappa shape index (κ1) is 23.0. The van der Waals surface area contributed by atoms with E-state index in [4.69, 9.17) is 5.26 Å². The van der Waals surface area contributed by atoms with Gasteiger partial charge in [0.15, 0.2) is 5.69 Å². The number of nitrogens with zero attached hydrogens (tertiary/aromatic N) is 6. The Balaban J connectivity index is 1.28. The number of H-pyrrole nitrogens is 1. The summed E-state index contributed by atoms with van der Waals surface area (Å²) < 4.78 is 39.8. The van der Waals surface area contributed by atoms with Crippen LogP contribution in [0.3, 0.4) is 0 Å². The number of carbonyl (C=O) groups is 2. The van der Waals surface area contributed by atoms with Crippen molar-refractivity contribution in [3.8, 4) is 6.07 Å². The summed E-state index contributed by atoms with van der Waals surface area (Å²) in [7, 11) is 0. The number of nitrogens with one attached hydrogen (secondary N) is 2. The first-order valence-electron chi connectivity index (χ1n) is 10.3. The van der Waals surface area contributed by atoms with Crippen LogP contribution in [0.5, 0.6) is 0 Å². The van der Waals surface area contributed by atoms with Gasteiger partial charge >= 0.3 is 6.18 Å². The third-order valence-corrected chi connectivity index (χ3v) is 5.39. The number of rotatable bonds is 6. The lowest BCUT2D eigenvalue weighted by molar-refractivity contribution is -0.141. The summed E-state index contributed by atoms with van der Waals surface area (Å²) in [6, 6.07) is 9.02. The molecule has 3 aromatic rings. The number of amides is 2. The number of alkyl halides is 3. The number of aromatic amines is 1. The Morgan fingerprint density at radius 1 is 1.29 bits per heavy atom. The van der Waals surface area contributed by atoms with Gasteiger partial charge in [0.2, 0.25) is 0 Å². The van der Waals surface area contributed by atoms with E-state index in [1.165, 1.54) is 11.0 Å². The van der Waals surface area contributed by atoms with Gasteiger partial charge in [0.25, 0.3) is 11.8 Å². The second-order valence-corrected chi connectivity index (χ2v) is 7.88. The molecule has 1 unspecified atom stereocenters. The molecule has 1 aliphatic rings. The van der Waals surface area contributed by atoms with Gasteiger partial charge in [-0.3, -0.25) is 19.4 Å². The molecular weight excluding hydrogens is 453 g/mol. The van der Waals surface area contributed by atoms with E-state index in [9.17, 15) is 22.8 Å². The standard InChI is InChI=1S/C21H19F3N8O2/c22-21(23,24)18-7-17(28-29-18)20(34)31-5-4-14(10-31)11-32-12-16(27-30-32)9-26-19(33)15-3-1-2-13(6-15)8-25/h1-3,6-7,12,14H,4-5,9-11H2,(H,26,33)(H,28,29). The molecule has 2 aromatic heterocycles. The van der Waals surface area contributed by atoms with E-state index >= 15 is 0 Å². The highest BCUT2D eigenvalue weighted by Gasteiger charge is 2.35. The summed E-state index contributed by atoms with van der Waals surface area (Å²) in [6.45, 7) is 1.36. The summed E-state index contributed by atoms with van der Waals surface area (Å²) in [6.07, 6.45) is -2.26. The van der Waals surface area contributed by atoms with E-state index in [0.717, 1.165) is 0 Å². The van der Waals surface area contributed by atoms with Crippen LogP contribution < -0.4 is 5.32 Å². The Kier molecular flexibility index (Phi) is 6.31. The number of aromatic nitrogens is 5. The van der Waals surface area contributed by atoms with Crippen LogP contribution in [-0.4, -0.2) is 55.0 Å². The molecule has 2 N–H and O–H groups in total. The molecule has 1 fully saturated rings. The third-order valence-electron chi connectivity index (χ3n) is 5.39. The number of hydrogen-bond acceptors (Lipinski definition) is 6. The van der Waals surface area contributed by atoms with Crippen molar-refractivity contribution in [2.24, 2.45) is 5.92 Å². The van der Waals surface area contributed by atoms with E-state index in [-0.39, 0.29) is 24.1 Å². The molecule has 34 heavy (non-hydrogen) atoms. The number of benzene rings is 1. The Labute approximate surface area is 191 Å². The van der Waals surface area contributed by atoms with Gasteiger partial charge in [-0.15, -0.1) is 5.10 Å². The van der Waals surface area contributed by atoms with Crippen molar-refractivity contribution >= 4 is 11.8 Å². The molecule has 4 rings (SSSR count). The van der Waals surface area contributed by atoms with Crippen LogP contribution in [0.4, 0.5) is 13.2 Å². The lowest BCUT2D eigenvalue weighted by atomic mass is 10.1. The van der Waals surface area contributed by atoms with Crippen molar-refractivity contribution < 1.29 is 22.8 Å². The topological polar surface area (TPSA) is 133 Å². The smallest absolute Gasteiger partial charge is 0.346 e. The highest BCUT2D eigenvalue weighted by Crippen LogP contribution is 2.28. The molecule has 0 bridgehead atoms. The molecular formula is C21H19F3N8O2. The molecule has 10 nitrogen and oxygen atoms in total. The van der Waals surface area contributed by atoms with Gasteiger partial charge in [0, 0.05) is 31.3 Å². The number of nitriles is 1. The molecule has 13 heteroatoms. The third kappa shape index (κ3) is 5.22. The molecule has 1 atom stereocenters. The molecule has 2 amide bonds. The molecule has 0 radical (unpaired) electrons. The first-order chi connectivity index (χ1) is 16.2. The van der Waals surface area contributed by atoms with Crippen LogP contribution >= 0.6 is 0 Å². The van der Waals surface area contributed by atoms with Gasteiger partial charge in [-0.1, -0.05) is 11.3 Å². The number of halogens is 3. The van der Waals surface area contributed by atoms with Crippen molar-refractivity contribution in [2.45, 2.75) is 25.7 Å². The lowest BCUT2D eigenvalue weighted by Crippen LogP contribution is -2.29. The molecule has 176 valence electrons. The second-order valence-electron chi connectivity index (χ2n) is 7.88. The molecule has 0 aliphatic carbocycles. The van der Waals surface area contributed by atoms with E-state index in [1.807, 2.05) is 11.2 Å². The minimum absolute atomic E-state index is 0.0443. The average Bonchev–Trinajstić information content (AvgIpc) is 3.58. The zero-order valence-corrected chi connectivity index (χ0v) is 17.7. The van der Waals surface area contributed by atoms with Gasteiger partial charge in [-0.05, 0) is 30.5 Å². The largest absolute Gasteiger partial charge is 0.432 e. The van der Waals surface area contributed by atoms with E-state index in [1.54, 1.807) is 29.1 Å². The monoisotopic (exact) mass is 472 g/mol. The summed E-state index contributed by atoms with van der Waals surface area (Å²) >= 11 is 0. The predicted octanol–water partition coefficient (Wildman–Crippen LogP) is 1.98. The van der Waals surface area contributed by atoms with E-state index < -0.39 is 17.8 Å². The lowest BCUT2D eigenvalue weighted by Gasteiger charge is -2.15. The van der Waals surface area contributed by atoms with Gasteiger partial charge in [-0.2, -0.15) is 23.5 Å².